The van der Waals surface area contributed by atoms with Crippen LogP contribution in [0.4, 0.5) is 0 Å². The topological polar surface area (TPSA) is 46.6 Å². The van der Waals surface area contributed by atoms with Crippen LogP contribution in [0.2, 0.25) is 0 Å². The third kappa shape index (κ3) is 6.10. The van der Waals surface area contributed by atoms with Crippen LogP contribution in [-0.4, -0.2) is 42.7 Å². The number of hydrogen-bond acceptors (Lipinski definition) is 4. The molecule has 1 amide bonds. The first-order chi connectivity index (χ1) is 9.52. The van der Waals surface area contributed by atoms with E-state index in [2.05, 4.69) is 6.07 Å². The normalized spacial score (nSPS) is 10.2. The highest BCUT2D eigenvalue weighted by Gasteiger charge is 2.13. The first-order valence-corrected chi connectivity index (χ1v) is 7.71. The van der Waals surface area contributed by atoms with E-state index in [1.165, 1.54) is 16.0 Å². The van der Waals surface area contributed by atoms with E-state index < -0.39 is 0 Å². The van der Waals surface area contributed by atoms with Gasteiger partial charge < -0.3 is 9.64 Å². The molecule has 5 heteroatoms. The Labute approximate surface area is 124 Å². The van der Waals surface area contributed by atoms with Crippen LogP contribution in [0.25, 0.3) is 0 Å². The average Bonchev–Trinajstić information content (AvgIpc) is 2.38. The molecule has 0 saturated heterocycles. The Morgan fingerprint density at radius 1 is 1.35 bits per heavy atom. The summed E-state index contributed by atoms with van der Waals surface area (Å²) < 4.78 is 4.81. The van der Waals surface area contributed by atoms with Gasteiger partial charge in [-0.2, -0.15) is 0 Å². The Bertz CT molecular complexity index is 462. The highest BCUT2D eigenvalue weighted by Crippen LogP contribution is 2.13. The molecule has 0 heterocycles. The number of ether oxygens (including phenoxy) is 1. The van der Waals surface area contributed by atoms with Crippen molar-refractivity contribution in [2.45, 2.75) is 19.6 Å². The fourth-order valence-corrected chi connectivity index (χ4v) is 2.57. The lowest BCUT2D eigenvalue weighted by Crippen LogP contribution is -2.34. The third-order valence-corrected chi connectivity index (χ3v) is 3.66. The van der Waals surface area contributed by atoms with Gasteiger partial charge in [-0.1, -0.05) is 29.8 Å². The van der Waals surface area contributed by atoms with Crippen molar-refractivity contribution in [3.63, 3.8) is 0 Å². The molecule has 1 aromatic rings. The van der Waals surface area contributed by atoms with Crippen molar-refractivity contribution in [2.75, 3.05) is 26.0 Å². The summed E-state index contributed by atoms with van der Waals surface area (Å²) in [6.45, 7) is 4.14. The standard InChI is InChI=1S/C15H21NO3S/c1-4-19-15(18)9-16(3)14(17)11-20-10-13-7-5-6-12(2)8-13/h5-8H,4,9-11H2,1-3H3. The summed E-state index contributed by atoms with van der Waals surface area (Å²) in [5.41, 5.74) is 2.42. The predicted octanol–water partition coefficient (Wildman–Crippen LogP) is 2.25. The van der Waals surface area contributed by atoms with E-state index in [0.717, 1.165) is 5.75 Å². The van der Waals surface area contributed by atoms with Crippen molar-refractivity contribution in [1.82, 2.24) is 4.90 Å². The average molecular weight is 295 g/mol. The number of aryl methyl sites for hydroxylation is 1. The zero-order valence-corrected chi connectivity index (χ0v) is 13.0. The van der Waals surface area contributed by atoms with Gasteiger partial charge in [0.05, 0.1) is 12.4 Å². The molecule has 0 atom stereocenters. The number of thioether (sulfide) groups is 1. The molecule has 0 radical (unpaired) electrons. The van der Waals surface area contributed by atoms with Gasteiger partial charge in [0.25, 0.3) is 0 Å². The molecule has 0 aliphatic rings. The van der Waals surface area contributed by atoms with Crippen molar-refractivity contribution in [3.8, 4) is 0 Å². The van der Waals surface area contributed by atoms with Gasteiger partial charge in [-0.05, 0) is 19.4 Å². The summed E-state index contributed by atoms with van der Waals surface area (Å²) >= 11 is 1.55. The molecule has 0 spiro atoms. The first-order valence-electron chi connectivity index (χ1n) is 6.55. The van der Waals surface area contributed by atoms with E-state index in [9.17, 15) is 9.59 Å². The molecule has 0 N–H and O–H groups in total. The monoisotopic (exact) mass is 295 g/mol. The predicted molar refractivity (Wildman–Crippen MR) is 81.6 cm³/mol. The van der Waals surface area contributed by atoms with E-state index in [-0.39, 0.29) is 18.4 Å². The van der Waals surface area contributed by atoms with Gasteiger partial charge in [-0.3, -0.25) is 9.59 Å². The Morgan fingerprint density at radius 3 is 2.75 bits per heavy atom. The van der Waals surface area contributed by atoms with Gasteiger partial charge in [0.15, 0.2) is 0 Å². The maximum absolute atomic E-state index is 11.8. The van der Waals surface area contributed by atoms with Crippen LogP contribution in [0.15, 0.2) is 24.3 Å². The van der Waals surface area contributed by atoms with Crippen molar-refractivity contribution in [2.24, 2.45) is 0 Å². The molecule has 0 aromatic heterocycles. The maximum Gasteiger partial charge on any atom is 0.325 e. The molecule has 110 valence electrons. The van der Waals surface area contributed by atoms with Crippen LogP contribution in [0.3, 0.4) is 0 Å². The van der Waals surface area contributed by atoms with E-state index in [1.54, 1.807) is 25.7 Å². The largest absolute Gasteiger partial charge is 0.465 e. The number of likely N-dealkylation sites (N-methyl/N-ethyl adjacent to an activating group) is 1. The summed E-state index contributed by atoms with van der Waals surface area (Å²) in [4.78, 5) is 24.5. The molecule has 20 heavy (non-hydrogen) atoms. The Morgan fingerprint density at radius 2 is 2.10 bits per heavy atom. The summed E-state index contributed by atoms with van der Waals surface area (Å²) in [5, 5.41) is 0. The molecule has 1 rings (SSSR count). The Balaban J connectivity index is 2.30. The lowest BCUT2D eigenvalue weighted by Gasteiger charge is -2.15. The number of nitrogens with zero attached hydrogens (tertiary/aromatic N) is 1. The molecule has 0 aliphatic carbocycles. The second-order valence-corrected chi connectivity index (χ2v) is 5.52. The SMILES string of the molecule is CCOC(=O)CN(C)C(=O)CSCc1cccc(C)c1. The van der Waals surface area contributed by atoms with Crippen molar-refractivity contribution >= 4 is 23.6 Å². The van der Waals surface area contributed by atoms with Crippen molar-refractivity contribution < 1.29 is 14.3 Å². The zero-order chi connectivity index (χ0) is 15.0. The second kappa shape index (κ2) is 8.64. The van der Waals surface area contributed by atoms with Crippen LogP contribution in [0.1, 0.15) is 18.1 Å². The molecular formula is C15H21NO3S. The zero-order valence-electron chi connectivity index (χ0n) is 12.2. The van der Waals surface area contributed by atoms with Gasteiger partial charge in [0.2, 0.25) is 5.91 Å². The summed E-state index contributed by atoms with van der Waals surface area (Å²) in [7, 11) is 1.62. The number of benzene rings is 1. The number of amides is 1. The van der Waals surface area contributed by atoms with Crippen LogP contribution in [0.5, 0.6) is 0 Å². The Kier molecular flexibility index (Phi) is 7.15. The lowest BCUT2D eigenvalue weighted by atomic mass is 10.2. The number of rotatable bonds is 7. The van der Waals surface area contributed by atoms with Gasteiger partial charge in [-0.25, -0.2) is 0 Å². The minimum absolute atomic E-state index is 0.0116. The minimum atomic E-state index is -0.368. The fourth-order valence-electron chi connectivity index (χ4n) is 1.66. The van der Waals surface area contributed by atoms with Crippen LogP contribution >= 0.6 is 11.8 Å². The molecule has 0 saturated carbocycles. The van der Waals surface area contributed by atoms with Crippen molar-refractivity contribution in [1.29, 1.82) is 0 Å². The maximum atomic E-state index is 11.8. The molecular weight excluding hydrogens is 274 g/mol. The van der Waals surface area contributed by atoms with Gasteiger partial charge in [0.1, 0.15) is 6.54 Å². The number of carbonyl (C=O) groups is 2. The van der Waals surface area contributed by atoms with Crippen molar-refractivity contribution in [3.05, 3.63) is 35.4 Å². The van der Waals surface area contributed by atoms with E-state index >= 15 is 0 Å². The Hall–Kier alpha value is -1.49. The number of carbonyl (C=O) groups excluding carboxylic acids is 2. The summed E-state index contributed by atoms with van der Waals surface area (Å²) in [5.74, 6) is 0.729. The highest BCUT2D eigenvalue weighted by atomic mass is 32.2. The van der Waals surface area contributed by atoms with Gasteiger partial charge in [-0.15, -0.1) is 11.8 Å². The van der Waals surface area contributed by atoms with E-state index in [1.807, 2.05) is 25.1 Å². The molecule has 0 aliphatic heterocycles. The summed E-state index contributed by atoms with van der Waals surface area (Å²) in [6.07, 6.45) is 0. The smallest absolute Gasteiger partial charge is 0.325 e. The summed E-state index contributed by atoms with van der Waals surface area (Å²) in [6, 6.07) is 8.22. The van der Waals surface area contributed by atoms with Crippen LogP contribution < -0.4 is 0 Å². The van der Waals surface area contributed by atoms with Crippen LogP contribution in [0, 0.1) is 6.92 Å². The number of hydrogen-bond donors (Lipinski definition) is 0. The number of esters is 1. The minimum Gasteiger partial charge on any atom is -0.465 e. The molecule has 0 unspecified atom stereocenters. The van der Waals surface area contributed by atoms with E-state index in [0.29, 0.717) is 12.4 Å². The third-order valence-electron chi connectivity index (χ3n) is 2.67. The van der Waals surface area contributed by atoms with Crippen LogP contribution in [-0.2, 0) is 20.1 Å². The molecule has 4 nitrogen and oxygen atoms in total. The molecule has 0 fully saturated rings. The fraction of sp³-hybridized carbons (Fsp3) is 0.467. The van der Waals surface area contributed by atoms with E-state index in [4.69, 9.17) is 4.74 Å². The molecule has 0 bridgehead atoms. The van der Waals surface area contributed by atoms with Gasteiger partial charge >= 0.3 is 5.97 Å². The quantitative estimate of drug-likeness (QED) is 0.724. The second-order valence-electron chi connectivity index (χ2n) is 4.54. The first kappa shape index (κ1) is 16.6. The molecule has 1 aromatic carbocycles. The lowest BCUT2D eigenvalue weighted by molar-refractivity contribution is -0.147. The van der Waals surface area contributed by atoms with Gasteiger partial charge in [0, 0.05) is 12.8 Å². The highest BCUT2D eigenvalue weighted by molar-refractivity contribution is 7.99.